The van der Waals surface area contributed by atoms with Crippen LogP contribution in [0.4, 0.5) is 0 Å². The molecule has 1 amide bonds. The molecule has 0 aromatic rings. The van der Waals surface area contributed by atoms with Crippen LogP contribution in [0.15, 0.2) is 0 Å². The predicted molar refractivity (Wildman–Crippen MR) is 53.0 cm³/mol. The second-order valence-electron chi connectivity index (χ2n) is 4.06. The second-order valence-corrected chi connectivity index (χ2v) is 4.06. The van der Waals surface area contributed by atoms with Crippen molar-refractivity contribution in [1.29, 1.82) is 0 Å². The zero-order chi connectivity index (χ0) is 9.97. The summed E-state index contributed by atoms with van der Waals surface area (Å²) in [6.45, 7) is 3.25. The molecule has 0 aliphatic carbocycles. The SMILES string of the molecule is CCNCC(=O)NC1CC2CCC1O2. The predicted octanol–water partition coefficient (Wildman–Crippen LogP) is 0.0320. The van der Waals surface area contributed by atoms with Crippen LogP contribution in [0.25, 0.3) is 0 Å². The van der Waals surface area contributed by atoms with Gasteiger partial charge in [-0.25, -0.2) is 0 Å². The summed E-state index contributed by atoms with van der Waals surface area (Å²) in [7, 11) is 0. The number of hydrogen-bond acceptors (Lipinski definition) is 3. The van der Waals surface area contributed by atoms with Gasteiger partial charge >= 0.3 is 0 Å². The number of fused-ring (bicyclic) bond motifs is 2. The van der Waals surface area contributed by atoms with Gasteiger partial charge in [-0.05, 0) is 25.8 Å². The van der Waals surface area contributed by atoms with Crippen molar-refractivity contribution in [2.75, 3.05) is 13.1 Å². The van der Waals surface area contributed by atoms with E-state index < -0.39 is 0 Å². The Balaban J connectivity index is 1.73. The summed E-state index contributed by atoms with van der Waals surface area (Å²) < 4.78 is 5.66. The normalized spacial score (nSPS) is 34.8. The lowest BCUT2D eigenvalue weighted by atomic mass is 9.95. The van der Waals surface area contributed by atoms with Crippen molar-refractivity contribution in [3.05, 3.63) is 0 Å². The van der Waals surface area contributed by atoms with E-state index in [4.69, 9.17) is 4.74 Å². The van der Waals surface area contributed by atoms with Gasteiger partial charge in [-0.2, -0.15) is 0 Å². The molecule has 4 nitrogen and oxygen atoms in total. The largest absolute Gasteiger partial charge is 0.373 e. The van der Waals surface area contributed by atoms with Crippen molar-refractivity contribution in [1.82, 2.24) is 10.6 Å². The van der Waals surface area contributed by atoms with E-state index >= 15 is 0 Å². The molecule has 2 rings (SSSR count). The molecule has 2 bridgehead atoms. The monoisotopic (exact) mass is 198 g/mol. The molecule has 2 heterocycles. The van der Waals surface area contributed by atoms with Crippen molar-refractivity contribution in [3.63, 3.8) is 0 Å². The average Bonchev–Trinajstić information content (AvgIpc) is 2.76. The van der Waals surface area contributed by atoms with E-state index in [0.29, 0.717) is 12.6 Å². The Bertz CT molecular complexity index is 220. The third-order valence-corrected chi connectivity index (χ3v) is 2.99. The van der Waals surface area contributed by atoms with Crippen LogP contribution in [0, 0.1) is 0 Å². The molecule has 2 aliphatic heterocycles. The van der Waals surface area contributed by atoms with Crippen LogP contribution in [-0.2, 0) is 9.53 Å². The van der Waals surface area contributed by atoms with Crippen molar-refractivity contribution in [2.45, 2.75) is 44.4 Å². The Hall–Kier alpha value is -0.610. The first-order valence-electron chi connectivity index (χ1n) is 5.45. The molecule has 3 atom stereocenters. The van der Waals surface area contributed by atoms with Crippen LogP contribution in [0.5, 0.6) is 0 Å². The van der Waals surface area contributed by atoms with E-state index in [1.54, 1.807) is 0 Å². The Morgan fingerprint density at radius 1 is 1.50 bits per heavy atom. The molecule has 2 fully saturated rings. The molecule has 4 heteroatoms. The fraction of sp³-hybridized carbons (Fsp3) is 0.900. The Morgan fingerprint density at radius 2 is 2.36 bits per heavy atom. The van der Waals surface area contributed by atoms with E-state index in [1.807, 2.05) is 6.92 Å². The standard InChI is InChI=1S/C10H18N2O2/c1-2-11-6-10(13)12-8-5-7-3-4-9(8)14-7/h7-9,11H,2-6H2,1H3,(H,12,13). The first-order chi connectivity index (χ1) is 6.79. The maximum absolute atomic E-state index is 11.4. The van der Waals surface area contributed by atoms with Gasteiger partial charge < -0.3 is 15.4 Å². The smallest absolute Gasteiger partial charge is 0.234 e. The lowest BCUT2D eigenvalue weighted by Gasteiger charge is -2.19. The van der Waals surface area contributed by atoms with E-state index in [1.165, 1.54) is 6.42 Å². The number of amides is 1. The molecular weight excluding hydrogens is 180 g/mol. The van der Waals surface area contributed by atoms with Gasteiger partial charge in [0.1, 0.15) is 0 Å². The first kappa shape index (κ1) is 9.93. The maximum Gasteiger partial charge on any atom is 0.234 e. The number of likely N-dealkylation sites (N-methyl/N-ethyl adjacent to an activating group) is 1. The quantitative estimate of drug-likeness (QED) is 0.670. The number of ether oxygens (including phenoxy) is 1. The van der Waals surface area contributed by atoms with Gasteiger partial charge in [0.25, 0.3) is 0 Å². The summed E-state index contributed by atoms with van der Waals surface area (Å²) in [5.41, 5.74) is 0. The highest BCUT2D eigenvalue weighted by Gasteiger charge is 2.41. The van der Waals surface area contributed by atoms with Crippen LogP contribution in [0.3, 0.4) is 0 Å². The first-order valence-corrected chi connectivity index (χ1v) is 5.45. The molecule has 3 unspecified atom stereocenters. The highest BCUT2D eigenvalue weighted by Crippen LogP contribution is 2.34. The lowest BCUT2D eigenvalue weighted by Crippen LogP contribution is -2.44. The molecule has 0 spiro atoms. The van der Waals surface area contributed by atoms with Crippen molar-refractivity contribution in [3.8, 4) is 0 Å². The zero-order valence-corrected chi connectivity index (χ0v) is 8.58. The van der Waals surface area contributed by atoms with E-state index in [9.17, 15) is 4.79 Å². The van der Waals surface area contributed by atoms with Crippen LogP contribution in [0.1, 0.15) is 26.2 Å². The van der Waals surface area contributed by atoms with E-state index in [-0.39, 0.29) is 18.1 Å². The molecule has 2 saturated heterocycles. The third-order valence-electron chi connectivity index (χ3n) is 2.99. The summed E-state index contributed by atoms with van der Waals surface area (Å²) in [5.74, 6) is 0.0907. The van der Waals surface area contributed by atoms with Crippen molar-refractivity contribution >= 4 is 5.91 Å². The number of nitrogens with one attached hydrogen (secondary N) is 2. The highest BCUT2D eigenvalue weighted by atomic mass is 16.5. The third kappa shape index (κ3) is 2.07. The van der Waals surface area contributed by atoms with Crippen LogP contribution in [0.2, 0.25) is 0 Å². The number of carbonyl (C=O) groups is 1. The van der Waals surface area contributed by atoms with E-state index in [0.717, 1.165) is 19.4 Å². The topological polar surface area (TPSA) is 50.4 Å². The molecule has 0 aromatic carbocycles. The summed E-state index contributed by atoms with van der Waals surface area (Å²) in [6, 6.07) is 0.264. The molecule has 0 saturated carbocycles. The molecule has 0 aromatic heterocycles. The van der Waals surface area contributed by atoms with Gasteiger partial charge in [0, 0.05) is 0 Å². The Morgan fingerprint density at radius 3 is 2.93 bits per heavy atom. The molecule has 80 valence electrons. The Kier molecular flexibility index (Phi) is 3.03. The van der Waals surface area contributed by atoms with Crippen molar-refractivity contribution in [2.24, 2.45) is 0 Å². The summed E-state index contributed by atoms with van der Waals surface area (Å²) in [6.07, 6.45) is 3.97. The molecular formula is C10H18N2O2. The minimum absolute atomic E-state index is 0.0907. The van der Waals surface area contributed by atoms with Gasteiger partial charge in [0.2, 0.25) is 5.91 Å². The number of rotatable bonds is 4. The molecule has 2 aliphatic rings. The zero-order valence-electron chi connectivity index (χ0n) is 8.58. The van der Waals surface area contributed by atoms with Crippen LogP contribution in [-0.4, -0.2) is 37.2 Å². The second kappa shape index (κ2) is 4.28. The van der Waals surface area contributed by atoms with Gasteiger partial charge in [-0.1, -0.05) is 6.92 Å². The van der Waals surface area contributed by atoms with Crippen molar-refractivity contribution < 1.29 is 9.53 Å². The Labute approximate surface area is 84.4 Å². The molecule has 0 radical (unpaired) electrons. The summed E-state index contributed by atoms with van der Waals surface area (Å²) >= 11 is 0. The fourth-order valence-corrected chi connectivity index (χ4v) is 2.29. The average molecular weight is 198 g/mol. The fourth-order valence-electron chi connectivity index (χ4n) is 2.29. The highest BCUT2D eigenvalue weighted by molar-refractivity contribution is 5.78. The minimum atomic E-state index is 0.0907. The van der Waals surface area contributed by atoms with Gasteiger partial charge in [0.05, 0.1) is 24.8 Å². The summed E-state index contributed by atoms with van der Waals surface area (Å²) in [5, 5.41) is 6.03. The number of hydrogen-bond donors (Lipinski definition) is 2. The van der Waals surface area contributed by atoms with Gasteiger partial charge in [0.15, 0.2) is 0 Å². The lowest BCUT2D eigenvalue weighted by molar-refractivity contribution is -0.121. The maximum atomic E-state index is 11.4. The number of carbonyl (C=O) groups excluding carboxylic acids is 1. The van der Waals surface area contributed by atoms with Gasteiger partial charge in [-0.15, -0.1) is 0 Å². The van der Waals surface area contributed by atoms with E-state index in [2.05, 4.69) is 10.6 Å². The van der Waals surface area contributed by atoms with Gasteiger partial charge in [-0.3, -0.25) is 4.79 Å². The van der Waals surface area contributed by atoms with Crippen LogP contribution < -0.4 is 10.6 Å². The van der Waals surface area contributed by atoms with Crippen LogP contribution >= 0.6 is 0 Å². The molecule has 14 heavy (non-hydrogen) atoms. The minimum Gasteiger partial charge on any atom is -0.373 e. The molecule has 2 N–H and O–H groups in total. The summed E-state index contributed by atoms with van der Waals surface area (Å²) in [4.78, 5) is 11.4.